The molecule has 0 spiro atoms. The quantitative estimate of drug-likeness (QED) is 0.608. The summed E-state index contributed by atoms with van der Waals surface area (Å²) < 4.78 is 36.6. The molecule has 19 heavy (non-hydrogen) atoms. The Morgan fingerprint density at radius 2 is 1.68 bits per heavy atom. The minimum absolute atomic E-state index is 0.175. The van der Waals surface area contributed by atoms with Gasteiger partial charge in [-0.15, -0.1) is 0 Å². The van der Waals surface area contributed by atoms with Crippen molar-refractivity contribution >= 4 is 27.5 Å². The van der Waals surface area contributed by atoms with Crippen molar-refractivity contribution in [3.63, 3.8) is 0 Å². The van der Waals surface area contributed by atoms with Gasteiger partial charge in [0.25, 0.3) is 0 Å². The van der Waals surface area contributed by atoms with Crippen LogP contribution in [0.4, 0.5) is 13.2 Å². The van der Waals surface area contributed by atoms with E-state index in [1.54, 1.807) is 12.1 Å². The highest BCUT2D eigenvalue weighted by Gasteiger charge is 2.39. The fourth-order valence-corrected chi connectivity index (χ4v) is 2.81. The van der Waals surface area contributed by atoms with Gasteiger partial charge < -0.3 is 5.11 Å². The minimum atomic E-state index is -3.93. The Hall–Kier alpha value is -0.420. The van der Waals surface area contributed by atoms with Crippen molar-refractivity contribution in [2.45, 2.75) is 38.3 Å². The third kappa shape index (κ3) is 6.52. The molecule has 0 radical (unpaired) electrons. The Kier molecular flexibility index (Phi) is 6.47. The van der Waals surface area contributed by atoms with Gasteiger partial charge in [0.15, 0.2) is 0 Å². The maximum Gasteiger partial charge on any atom is 0.391 e. The molecule has 0 heterocycles. The molecule has 1 aliphatic rings. The highest BCUT2D eigenvalue weighted by atomic mass is 79.9. The lowest BCUT2D eigenvalue weighted by atomic mass is 9.89. The van der Waals surface area contributed by atoms with Crippen molar-refractivity contribution < 1.29 is 18.3 Å². The fraction of sp³-hybridized carbons (Fsp3) is 0.538. The molecule has 0 amide bonds. The monoisotopic (exact) mass is 358 g/mol. The molecule has 1 aromatic rings. The summed E-state index contributed by atoms with van der Waals surface area (Å²) in [7, 11) is 0. The first-order valence-electron chi connectivity index (χ1n) is 6.01. The summed E-state index contributed by atoms with van der Waals surface area (Å²) in [4.78, 5) is 0. The van der Waals surface area contributed by atoms with Gasteiger partial charge in [-0.25, -0.2) is 0 Å². The zero-order chi connectivity index (χ0) is 14.5. The summed E-state index contributed by atoms with van der Waals surface area (Å²) in [5, 5.41) is 9.41. The van der Waals surface area contributed by atoms with Crippen LogP contribution in [0.3, 0.4) is 0 Å². The van der Waals surface area contributed by atoms with Crippen LogP contribution in [0.1, 0.15) is 32.1 Å². The van der Waals surface area contributed by atoms with Crippen molar-refractivity contribution in [3.05, 3.63) is 27.7 Å². The van der Waals surface area contributed by atoms with E-state index in [2.05, 4.69) is 15.9 Å². The number of aromatic hydroxyl groups is 1. The van der Waals surface area contributed by atoms with Crippen molar-refractivity contribution in [2.24, 2.45) is 5.92 Å². The van der Waals surface area contributed by atoms with Gasteiger partial charge in [-0.3, -0.25) is 0 Å². The molecule has 1 nitrogen and oxygen atoms in total. The molecule has 1 N–H and O–H groups in total. The molecule has 0 saturated heterocycles. The van der Waals surface area contributed by atoms with Gasteiger partial charge in [-0.2, -0.15) is 13.2 Å². The second kappa shape index (κ2) is 7.39. The molecular formula is C13H15BrClF3O. The van der Waals surface area contributed by atoms with E-state index in [0.29, 0.717) is 17.9 Å². The zero-order valence-electron chi connectivity index (χ0n) is 10.2. The third-order valence-corrected chi connectivity index (χ3v) is 3.59. The van der Waals surface area contributed by atoms with Crippen LogP contribution in [0, 0.1) is 5.92 Å². The Balaban J connectivity index is 0.000000191. The van der Waals surface area contributed by atoms with E-state index in [1.807, 2.05) is 0 Å². The SMILES string of the molecule is FC(F)(F)C1CCCCC1.Oc1cc(Cl)cc(Br)c1. The number of hydrogen-bond acceptors (Lipinski definition) is 1. The first kappa shape index (κ1) is 16.6. The number of hydrogen-bond donors (Lipinski definition) is 1. The summed E-state index contributed by atoms with van der Waals surface area (Å²) in [6, 6.07) is 4.76. The highest BCUT2D eigenvalue weighted by Crippen LogP contribution is 2.37. The molecule has 2 rings (SSSR count). The molecule has 1 aromatic carbocycles. The van der Waals surface area contributed by atoms with Gasteiger partial charge in [0, 0.05) is 9.50 Å². The first-order chi connectivity index (χ1) is 8.79. The van der Waals surface area contributed by atoms with Gasteiger partial charge >= 0.3 is 6.18 Å². The standard InChI is InChI=1S/C7H11F3.C6H4BrClO/c8-7(9,10)6-4-2-1-3-5-6;7-4-1-5(8)3-6(9)2-4/h6H,1-5H2;1-3,9H. The van der Waals surface area contributed by atoms with Crippen molar-refractivity contribution in [1.82, 2.24) is 0 Å². The fourth-order valence-electron chi connectivity index (χ4n) is 1.97. The van der Waals surface area contributed by atoms with Crippen molar-refractivity contribution in [2.75, 3.05) is 0 Å². The largest absolute Gasteiger partial charge is 0.508 e. The van der Waals surface area contributed by atoms with E-state index in [0.717, 1.165) is 23.7 Å². The predicted octanol–water partition coefficient (Wildman–Crippen LogP) is 5.94. The number of phenolic OH excluding ortho intramolecular Hbond substituents is 1. The third-order valence-electron chi connectivity index (χ3n) is 2.92. The number of phenols is 1. The molecule has 1 aliphatic carbocycles. The number of rotatable bonds is 0. The van der Waals surface area contributed by atoms with E-state index >= 15 is 0 Å². The van der Waals surface area contributed by atoms with Gasteiger partial charge in [0.2, 0.25) is 0 Å². The maximum atomic E-state index is 11.9. The minimum Gasteiger partial charge on any atom is -0.508 e. The molecule has 0 aromatic heterocycles. The molecular weight excluding hydrogens is 344 g/mol. The van der Waals surface area contributed by atoms with Crippen LogP contribution in [-0.4, -0.2) is 11.3 Å². The van der Waals surface area contributed by atoms with Gasteiger partial charge in [-0.1, -0.05) is 46.8 Å². The highest BCUT2D eigenvalue weighted by molar-refractivity contribution is 9.10. The zero-order valence-corrected chi connectivity index (χ0v) is 12.5. The Labute approximate surface area is 123 Å². The summed E-state index contributed by atoms with van der Waals surface area (Å²) in [6.07, 6.45) is -0.742. The molecule has 0 atom stereocenters. The van der Waals surface area contributed by atoms with Crippen LogP contribution in [-0.2, 0) is 0 Å². The van der Waals surface area contributed by atoms with Crippen LogP contribution >= 0.6 is 27.5 Å². The van der Waals surface area contributed by atoms with Gasteiger partial charge in [0.1, 0.15) is 5.75 Å². The summed E-state index contributed by atoms with van der Waals surface area (Å²) in [5.41, 5.74) is 0. The van der Waals surface area contributed by atoms with E-state index in [-0.39, 0.29) is 5.75 Å². The van der Waals surface area contributed by atoms with Gasteiger partial charge in [-0.05, 0) is 31.0 Å². The van der Waals surface area contributed by atoms with Crippen LogP contribution in [0.5, 0.6) is 5.75 Å². The van der Waals surface area contributed by atoms with Crippen molar-refractivity contribution in [1.29, 1.82) is 0 Å². The summed E-state index contributed by atoms with van der Waals surface area (Å²) >= 11 is 8.73. The number of benzene rings is 1. The molecule has 1 saturated carbocycles. The second-order valence-corrected chi connectivity index (χ2v) is 5.86. The smallest absolute Gasteiger partial charge is 0.391 e. The molecule has 6 heteroatoms. The van der Waals surface area contributed by atoms with Crippen LogP contribution in [0.15, 0.2) is 22.7 Å². The maximum absolute atomic E-state index is 11.9. The lowest BCUT2D eigenvalue weighted by Crippen LogP contribution is -2.24. The average Bonchev–Trinajstić information content (AvgIpc) is 2.28. The lowest BCUT2D eigenvalue weighted by Gasteiger charge is -2.23. The second-order valence-electron chi connectivity index (χ2n) is 4.50. The Bertz CT molecular complexity index is 353. The van der Waals surface area contributed by atoms with Crippen molar-refractivity contribution in [3.8, 4) is 5.75 Å². The topological polar surface area (TPSA) is 20.2 Å². The predicted molar refractivity (Wildman–Crippen MR) is 73.4 cm³/mol. The number of alkyl halides is 3. The summed E-state index contributed by atoms with van der Waals surface area (Å²) in [6.45, 7) is 0. The molecule has 0 aliphatic heterocycles. The first-order valence-corrected chi connectivity index (χ1v) is 7.18. The Morgan fingerprint density at radius 1 is 1.11 bits per heavy atom. The van der Waals surface area contributed by atoms with Crippen LogP contribution in [0.2, 0.25) is 5.02 Å². The normalized spacial score (nSPS) is 16.7. The lowest BCUT2D eigenvalue weighted by molar-refractivity contribution is -0.181. The number of halogens is 5. The van der Waals surface area contributed by atoms with E-state index in [9.17, 15) is 13.2 Å². The molecule has 108 valence electrons. The van der Waals surface area contributed by atoms with Crippen LogP contribution < -0.4 is 0 Å². The molecule has 1 fully saturated rings. The Morgan fingerprint density at radius 3 is 2.05 bits per heavy atom. The van der Waals surface area contributed by atoms with Gasteiger partial charge in [0.05, 0.1) is 5.92 Å². The van der Waals surface area contributed by atoms with E-state index in [1.165, 1.54) is 6.07 Å². The average molecular weight is 360 g/mol. The van der Waals surface area contributed by atoms with E-state index < -0.39 is 12.1 Å². The van der Waals surface area contributed by atoms with E-state index in [4.69, 9.17) is 16.7 Å². The summed E-state index contributed by atoms with van der Waals surface area (Å²) in [5.74, 6) is -0.823. The molecule has 0 bridgehead atoms. The van der Waals surface area contributed by atoms with Crippen LogP contribution in [0.25, 0.3) is 0 Å². The molecule has 0 unspecified atom stereocenters.